The second-order valence-corrected chi connectivity index (χ2v) is 10.7. The lowest BCUT2D eigenvalue weighted by molar-refractivity contribution is -0.147. The Balaban J connectivity index is 1.64. The van der Waals surface area contributed by atoms with Crippen molar-refractivity contribution in [2.75, 3.05) is 6.61 Å². The highest BCUT2D eigenvalue weighted by Crippen LogP contribution is 2.59. The highest BCUT2D eigenvalue weighted by atomic mass is 16.5. The maximum absolute atomic E-state index is 14.0. The van der Waals surface area contributed by atoms with E-state index < -0.39 is 35.6 Å². The van der Waals surface area contributed by atoms with Gasteiger partial charge in [-0.15, -0.1) is 0 Å². The first-order valence-corrected chi connectivity index (χ1v) is 13.0. The monoisotopic (exact) mass is 485 g/mol. The Morgan fingerprint density at radius 3 is 2.54 bits per heavy atom. The fraction of sp³-hybridized carbons (Fsp3) is 0.667. The zero-order valence-electron chi connectivity index (χ0n) is 21.2. The number of hydrogen-bond acceptors (Lipinski definition) is 5. The molecular formula is C27H39N3O5. The normalized spacial score (nSPS) is 30.9. The molecule has 2 bridgehead atoms. The predicted octanol–water partition coefficient (Wildman–Crippen LogP) is 2.00. The Morgan fingerprint density at radius 2 is 1.91 bits per heavy atom. The molecular weight excluding hydrogens is 446 g/mol. The van der Waals surface area contributed by atoms with Crippen molar-refractivity contribution in [1.29, 1.82) is 0 Å². The number of fused-ring (bicyclic) bond motifs is 1. The standard InChI is InChI=1S/C27H39N3O5/c1-5-9-17(4)29-25(33)23-27-13-12-20(35-27)21(24(32)28-14-18-10-7-6-8-11-18)22(27)26(34)30(23)19(15-31)16(2)3/h6-8,10-11,16-17,19-23,31H,5,9,12-15H2,1-4H3,(H,28,32)(H,29,33)/t17?,19-,20-,21+,22-,23?,27?/m0/s1. The summed E-state index contributed by atoms with van der Waals surface area (Å²) in [5.74, 6) is -2.19. The molecule has 35 heavy (non-hydrogen) atoms. The van der Waals surface area contributed by atoms with Gasteiger partial charge >= 0.3 is 0 Å². The lowest BCUT2D eigenvalue weighted by Crippen LogP contribution is -2.59. The summed E-state index contributed by atoms with van der Waals surface area (Å²) in [5, 5.41) is 16.3. The molecule has 3 saturated heterocycles. The van der Waals surface area contributed by atoms with Crippen molar-refractivity contribution in [3.05, 3.63) is 35.9 Å². The van der Waals surface area contributed by atoms with Crippen LogP contribution in [-0.4, -0.2) is 64.2 Å². The Kier molecular flexibility index (Phi) is 7.52. The van der Waals surface area contributed by atoms with Gasteiger partial charge in [-0.1, -0.05) is 57.5 Å². The summed E-state index contributed by atoms with van der Waals surface area (Å²) >= 11 is 0. The van der Waals surface area contributed by atoms with Crippen molar-refractivity contribution >= 4 is 17.7 Å². The molecule has 0 radical (unpaired) electrons. The predicted molar refractivity (Wildman–Crippen MR) is 131 cm³/mol. The summed E-state index contributed by atoms with van der Waals surface area (Å²) in [5.41, 5.74) is -0.0733. The van der Waals surface area contributed by atoms with Crippen molar-refractivity contribution < 1.29 is 24.2 Å². The molecule has 3 aliphatic heterocycles. The summed E-state index contributed by atoms with van der Waals surface area (Å²) in [6.45, 7) is 7.98. The molecule has 8 heteroatoms. The molecule has 7 atom stereocenters. The maximum Gasteiger partial charge on any atom is 0.246 e. The molecule has 0 aliphatic carbocycles. The molecule has 0 aromatic heterocycles. The summed E-state index contributed by atoms with van der Waals surface area (Å²) in [7, 11) is 0. The highest BCUT2D eigenvalue weighted by molar-refractivity contribution is 5.99. The number of rotatable bonds is 10. The van der Waals surface area contributed by atoms with Gasteiger partial charge in [0.05, 0.1) is 30.6 Å². The van der Waals surface area contributed by atoms with Crippen LogP contribution in [0.2, 0.25) is 0 Å². The number of nitrogens with zero attached hydrogens (tertiary/aromatic N) is 1. The molecule has 3 unspecified atom stereocenters. The molecule has 1 aromatic carbocycles. The minimum Gasteiger partial charge on any atom is -0.394 e. The van der Waals surface area contributed by atoms with Crippen LogP contribution in [0.3, 0.4) is 0 Å². The lowest BCUT2D eigenvalue weighted by Gasteiger charge is -2.38. The van der Waals surface area contributed by atoms with Crippen molar-refractivity contribution in [2.24, 2.45) is 17.8 Å². The molecule has 3 heterocycles. The zero-order valence-corrected chi connectivity index (χ0v) is 21.2. The quantitative estimate of drug-likeness (QED) is 0.470. The second-order valence-electron chi connectivity index (χ2n) is 10.7. The number of carbonyl (C=O) groups excluding carboxylic acids is 3. The smallest absolute Gasteiger partial charge is 0.246 e. The van der Waals surface area contributed by atoms with Gasteiger partial charge in [0, 0.05) is 12.6 Å². The van der Waals surface area contributed by atoms with Crippen LogP contribution < -0.4 is 10.6 Å². The molecule has 1 spiro atoms. The SMILES string of the molecule is CCCC(C)NC(=O)C1N([C@@H](CO)C(C)C)C(=O)[C@@H]2[C@H](C(=O)NCc3ccccc3)[C@@H]3CCC12O3. The number of nitrogens with one attached hydrogen (secondary N) is 2. The molecule has 3 fully saturated rings. The van der Waals surface area contributed by atoms with E-state index >= 15 is 0 Å². The summed E-state index contributed by atoms with van der Waals surface area (Å²) in [4.78, 5) is 42.6. The summed E-state index contributed by atoms with van der Waals surface area (Å²) in [6, 6.07) is 8.19. The van der Waals surface area contributed by atoms with E-state index in [-0.39, 0.29) is 36.3 Å². The Bertz CT molecular complexity index is 938. The fourth-order valence-corrected chi connectivity index (χ4v) is 6.40. The van der Waals surface area contributed by atoms with Gasteiger partial charge in [-0.25, -0.2) is 0 Å². The number of amides is 3. The van der Waals surface area contributed by atoms with Crippen LogP contribution in [0.4, 0.5) is 0 Å². The van der Waals surface area contributed by atoms with Crippen LogP contribution in [0, 0.1) is 17.8 Å². The first-order chi connectivity index (χ1) is 16.7. The number of ether oxygens (including phenoxy) is 1. The van der Waals surface area contributed by atoms with Crippen molar-refractivity contribution in [1.82, 2.24) is 15.5 Å². The molecule has 0 saturated carbocycles. The van der Waals surface area contributed by atoms with Gasteiger partial charge in [-0.3, -0.25) is 14.4 Å². The first kappa shape index (κ1) is 25.6. The molecule has 4 rings (SSSR count). The summed E-state index contributed by atoms with van der Waals surface area (Å²) in [6.07, 6.45) is 2.53. The maximum atomic E-state index is 14.0. The number of benzene rings is 1. The molecule has 3 aliphatic rings. The van der Waals surface area contributed by atoms with E-state index in [0.29, 0.717) is 19.4 Å². The van der Waals surface area contributed by atoms with Gasteiger partial charge in [-0.05, 0) is 37.7 Å². The Labute approximate surface area is 207 Å². The van der Waals surface area contributed by atoms with Gasteiger partial charge in [0.2, 0.25) is 17.7 Å². The average molecular weight is 486 g/mol. The van der Waals surface area contributed by atoms with E-state index in [0.717, 1.165) is 18.4 Å². The average Bonchev–Trinajstić information content (AvgIpc) is 3.46. The van der Waals surface area contributed by atoms with Crippen LogP contribution in [0.25, 0.3) is 0 Å². The van der Waals surface area contributed by atoms with Gasteiger partial charge in [-0.2, -0.15) is 0 Å². The minimum atomic E-state index is -1.05. The van der Waals surface area contributed by atoms with Gasteiger partial charge in [0.15, 0.2) is 0 Å². The summed E-state index contributed by atoms with van der Waals surface area (Å²) < 4.78 is 6.45. The van der Waals surface area contributed by atoms with E-state index in [1.165, 1.54) is 0 Å². The van der Waals surface area contributed by atoms with E-state index in [2.05, 4.69) is 17.6 Å². The number of hydrogen-bond donors (Lipinski definition) is 3. The van der Waals surface area contributed by atoms with Gasteiger partial charge < -0.3 is 25.4 Å². The number of aliphatic hydroxyl groups is 1. The third kappa shape index (κ3) is 4.47. The van der Waals surface area contributed by atoms with Gasteiger partial charge in [0.25, 0.3) is 0 Å². The van der Waals surface area contributed by atoms with Crippen LogP contribution >= 0.6 is 0 Å². The van der Waals surface area contributed by atoms with E-state index in [1.807, 2.05) is 51.1 Å². The molecule has 192 valence electrons. The lowest BCUT2D eigenvalue weighted by atomic mass is 9.70. The van der Waals surface area contributed by atoms with Gasteiger partial charge in [0.1, 0.15) is 11.6 Å². The zero-order chi connectivity index (χ0) is 25.3. The van der Waals surface area contributed by atoms with Crippen LogP contribution in [-0.2, 0) is 25.7 Å². The van der Waals surface area contributed by atoms with Crippen molar-refractivity contribution in [3.8, 4) is 0 Å². The minimum absolute atomic E-state index is 0.0462. The number of aliphatic hydroxyl groups excluding tert-OH is 1. The third-order valence-electron chi connectivity index (χ3n) is 8.02. The molecule has 1 aromatic rings. The number of likely N-dealkylation sites (tertiary alicyclic amines) is 1. The Hall–Kier alpha value is -2.45. The first-order valence-electron chi connectivity index (χ1n) is 13.0. The van der Waals surface area contributed by atoms with Crippen molar-refractivity contribution in [2.45, 2.75) is 89.8 Å². The number of carbonyl (C=O) groups is 3. The molecule has 8 nitrogen and oxygen atoms in total. The third-order valence-corrected chi connectivity index (χ3v) is 8.02. The van der Waals surface area contributed by atoms with E-state index in [9.17, 15) is 19.5 Å². The van der Waals surface area contributed by atoms with Crippen molar-refractivity contribution in [3.63, 3.8) is 0 Å². The highest BCUT2D eigenvalue weighted by Gasteiger charge is 2.75. The van der Waals surface area contributed by atoms with Crippen LogP contribution in [0.5, 0.6) is 0 Å². The van der Waals surface area contributed by atoms with Crippen LogP contribution in [0.15, 0.2) is 30.3 Å². The topological polar surface area (TPSA) is 108 Å². The fourth-order valence-electron chi connectivity index (χ4n) is 6.40. The Morgan fingerprint density at radius 1 is 1.20 bits per heavy atom. The molecule has 3 amide bonds. The van der Waals surface area contributed by atoms with E-state index in [1.54, 1.807) is 4.90 Å². The van der Waals surface area contributed by atoms with Crippen LogP contribution in [0.1, 0.15) is 58.9 Å². The molecule has 3 N–H and O–H groups in total. The largest absolute Gasteiger partial charge is 0.394 e. The van der Waals surface area contributed by atoms with E-state index in [4.69, 9.17) is 4.74 Å². The second kappa shape index (κ2) is 10.3.